The van der Waals surface area contributed by atoms with Crippen LogP contribution in [0, 0.1) is 0 Å². The maximum Gasteiger partial charge on any atom is 0.348 e. The summed E-state index contributed by atoms with van der Waals surface area (Å²) in [6.45, 7) is 0. The Balaban J connectivity index is 2.56. The third kappa shape index (κ3) is 1.56. The van der Waals surface area contributed by atoms with Crippen molar-refractivity contribution in [2.45, 2.75) is 0 Å². The second kappa shape index (κ2) is 3.51. The number of hydrogen-bond donors (Lipinski definition) is 0. The highest BCUT2D eigenvalue weighted by molar-refractivity contribution is 7.20. The number of halogens is 1. The van der Waals surface area contributed by atoms with Crippen molar-refractivity contribution >= 4 is 39.3 Å². The summed E-state index contributed by atoms with van der Waals surface area (Å²) in [7, 11) is 1.33. The molecule has 2 aromatic heterocycles. The summed E-state index contributed by atoms with van der Waals surface area (Å²) in [5.74, 6) is -0.383. The predicted octanol–water partition coefficient (Wildman–Crippen LogP) is 2.13. The summed E-state index contributed by atoms with van der Waals surface area (Å²) < 4.78 is 4.58. The number of esters is 1. The van der Waals surface area contributed by atoms with E-state index < -0.39 is 0 Å². The zero-order valence-electron chi connectivity index (χ0n) is 7.15. The molecule has 2 rings (SSSR count). The fraction of sp³-hybridized carbons (Fsp3) is 0.125. The van der Waals surface area contributed by atoms with E-state index in [4.69, 9.17) is 11.6 Å². The normalized spacial score (nSPS) is 10.4. The fourth-order valence-electron chi connectivity index (χ4n) is 1.00. The molecule has 4 nitrogen and oxygen atoms in total. The van der Waals surface area contributed by atoms with Gasteiger partial charge in [0.15, 0.2) is 0 Å². The van der Waals surface area contributed by atoms with Crippen LogP contribution in [0.15, 0.2) is 12.3 Å². The summed E-state index contributed by atoms with van der Waals surface area (Å²) >= 11 is 6.89. The van der Waals surface area contributed by atoms with Gasteiger partial charge in [-0.05, 0) is 6.07 Å². The van der Waals surface area contributed by atoms with Gasteiger partial charge >= 0.3 is 5.97 Å². The number of carbonyl (C=O) groups is 1. The van der Waals surface area contributed by atoms with Crippen LogP contribution in [0.2, 0.25) is 5.15 Å². The summed E-state index contributed by atoms with van der Waals surface area (Å²) in [5.41, 5.74) is 0.614. The van der Waals surface area contributed by atoms with Gasteiger partial charge in [0.05, 0.1) is 13.3 Å². The number of methoxy groups -OCH3 is 1. The molecule has 0 aliphatic carbocycles. The van der Waals surface area contributed by atoms with Crippen molar-refractivity contribution in [3.63, 3.8) is 0 Å². The molecule has 14 heavy (non-hydrogen) atoms. The van der Waals surface area contributed by atoms with Crippen LogP contribution in [0.5, 0.6) is 0 Å². The van der Waals surface area contributed by atoms with Gasteiger partial charge in [-0.2, -0.15) is 0 Å². The van der Waals surface area contributed by atoms with E-state index in [1.54, 1.807) is 6.07 Å². The average molecular weight is 229 g/mol. The number of carbonyl (C=O) groups excluding carboxylic acids is 1. The van der Waals surface area contributed by atoms with E-state index in [-0.39, 0.29) is 5.97 Å². The van der Waals surface area contributed by atoms with Crippen molar-refractivity contribution < 1.29 is 9.53 Å². The molecule has 0 spiro atoms. The number of hydrogen-bond acceptors (Lipinski definition) is 5. The number of ether oxygens (including phenoxy) is 1. The van der Waals surface area contributed by atoms with Crippen LogP contribution in [-0.2, 0) is 4.74 Å². The fourth-order valence-corrected chi connectivity index (χ4v) is 2.00. The number of rotatable bonds is 1. The van der Waals surface area contributed by atoms with Crippen molar-refractivity contribution in [3.05, 3.63) is 22.3 Å². The van der Waals surface area contributed by atoms with E-state index in [0.29, 0.717) is 20.4 Å². The molecule has 0 fully saturated rings. The highest BCUT2D eigenvalue weighted by atomic mass is 35.5. The zero-order chi connectivity index (χ0) is 10.1. The molecule has 6 heteroatoms. The first-order valence-corrected chi connectivity index (χ1v) is 4.90. The lowest BCUT2D eigenvalue weighted by Gasteiger charge is -1.90. The molecule has 0 saturated heterocycles. The molecule has 0 atom stereocenters. The Morgan fingerprint density at radius 1 is 1.64 bits per heavy atom. The highest BCUT2D eigenvalue weighted by Crippen LogP contribution is 2.23. The van der Waals surface area contributed by atoms with Gasteiger partial charge in [-0.1, -0.05) is 11.6 Å². The molecule has 0 bridgehead atoms. The zero-order valence-corrected chi connectivity index (χ0v) is 8.72. The van der Waals surface area contributed by atoms with Crippen LogP contribution < -0.4 is 0 Å². The molecule has 0 unspecified atom stereocenters. The molecule has 0 aliphatic heterocycles. The van der Waals surface area contributed by atoms with Crippen molar-refractivity contribution in [1.82, 2.24) is 9.97 Å². The van der Waals surface area contributed by atoms with E-state index in [9.17, 15) is 4.79 Å². The molecular formula is C8H5ClN2O2S. The van der Waals surface area contributed by atoms with Crippen molar-refractivity contribution in [3.8, 4) is 0 Å². The molecular weight excluding hydrogens is 224 g/mol. The first-order valence-electron chi connectivity index (χ1n) is 3.71. The Bertz CT molecular complexity index is 497. The Labute approximate surface area is 88.5 Å². The minimum Gasteiger partial charge on any atom is -0.465 e. The van der Waals surface area contributed by atoms with Crippen LogP contribution in [0.3, 0.4) is 0 Å². The van der Waals surface area contributed by atoms with Gasteiger partial charge < -0.3 is 4.74 Å². The lowest BCUT2D eigenvalue weighted by Crippen LogP contribution is -1.96. The predicted molar refractivity (Wildman–Crippen MR) is 53.8 cm³/mol. The molecule has 0 radical (unpaired) electrons. The summed E-state index contributed by atoms with van der Waals surface area (Å²) in [6, 6.07) is 1.62. The maximum absolute atomic E-state index is 11.2. The summed E-state index contributed by atoms with van der Waals surface area (Å²) in [6.07, 6.45) is 1.45. The highest BCUT2D eigenvalue weighted by Gasteiger charge is 2.11. The Morgan fingerprint density at radius 2 is 2.43 bits per heavy atom. The van der Waals surface area contributed by atoms with Crippen LogP contribution in [0.25, 0.3) is 10.3 Å². The lowest BCUT2D eigenvalue weighted by atomic mass is 10.4. The van der Waals surface area contributed by atoms with E-state index in [1.807, 2.05) is 0 Å². The van der Waals surface area contributed by atoms with Crippen molar-refractivity contribution in [2.75, 3.05) is 7.11 Å². The Hall–Kier alpha value is -1.20. The first-order chi connectivity index (χ1) is 6.70. The molecule has 0 saturated carbocycles. The summed E-state index contributed by atoms with van der Waals surface area (Å²) in [5, 5.41) is 0.312. The number of thiophene rings is 1. The molecule has 0 N–H and O–H groups in total. The average Bonchev–Trinajstić information content (AvgIpc) is 2.59. The standard InChI is InChI=1S/C8H5ClN2O2S/c1-13-8(12)5-2-4-7(14-5)10-3-6(9)11-4/h2-3H,1H3. The largest absolute Gasteiger partial charge is 0.465 e. The SMILES string of the molecule is COC(=O)c1cc2nc(Cl)cnc2s1. The maximum atomic E-state index is 11.2. The third-order valence-electron chi connectivity index (χ3n) is 1.60. The third-order valence-corrected chi connectivity index (χ3v) is 2.79. The number of nitrogens with zero attached hydrogens (tertiary/aromatic N) is 2. The molecule has 0 aromatic carbocycles. The van der Waals surface area contributed by atoms with Gasteiger partial charge in [0.1, 0.15) is 20.4 Å². The molecule has 2 aromatic rings. The van der Waals surface area contributed by atoms with E-state index >= 15 is 0 Å². The molecule has 0 aliphatic rings. The minimum absolute atomic E-state index is 0.312. The molecule has 0 amide bonds. The van der Waals surface area contributed by atoms with E-state index in [2.05, 4.69) is 14.7 Å². The monoisotopic (exact) mass is 228 g/mol. The summed E-state index contributed by atoms with van der Waals surface area (Å²) in [4.78, 5) is 20.4. The van der Waals surface area contributed by atoms with Crippen molar-refractivity contribution in [2.24, 2.45) is 0 Å². The van der Waals surface area contributed by atoms with Gasteiger partial charge in [-0.3, -0.25) is 0 Å². The second-order valence-electron chi connectivity index (χ2n) is 2.49. The van der Waals surface area contributed by atoms with Gasteiger partial charge in [0.25, 0.3) is 0 Å². The van der Waals surface area contributed by atoms with Crippen LogP contribution in [-0.4, -0.2) is 23.0 Å². The van der Waals surface area contributed by atoms with Gasteiger partial charge in [0.2, 0.25) is 0 Å². The van der Waals surface area contributed by atoms with Crippen LogP contribution >= 0.6 is 22.9 Å². The molecule has 2 heterocycles. The Morgan fingerprint density at radius 3 is 3.14 bits per heavy atom. The number of fused-ring (bicyclic) bond motifs is 1. The van der Waals surface area contributed by atoms with Crippen molar-refractivity contribution in [1.29, 1.82) is 0 Å². The second-order valence-corrected chi connectivity index (χ2v) is 3.90. The Kier molecular flexibility index (Phi) is 2.35. The van der Waals surface area contributed by atoms with E-state index in [1.165, 1.54) is 24.6 Å². The minimum atomic E-state index is -0.383. The topological polar surface area (TPSA) is 52.1 Å². The van der Waals surface area contributed by atoms with Crippen LogP contribution in [0.4, 0.5) is 0 Å². The quantitative estimate of drug-likeness (QED) is 0.702. The van der Waals surface area contributed by atoms with Gasteiger partial charge in [-0.25, -0.2) is 14.8 Å². The van der Waals surface area contributed by atoms with Gasteiger partial charge in [-0.15, -0.1) is 11.3 Å². The van der Waals surface area contributed by atoms with E-state index in [0.717, 1.165) is 0 Å². The lowest BCUT2D eigenvalue weighted by molar-refractivity contribution is 0.0606. The first kappa shape index (κ1) is 9.36. The van der Waals surface area contributed by atoms with Gasteiger partial charge in [0, 0.05) is 0 Å². The molecule has 72 valence electrons. The smallest absolute Gasteiger partial charge is 0.348 e. The van der Waals surface area contributed by atoms with Crippen LogP contribution in [0.1, 0.15) is 9.67 Å². The number of aromatic nitrogens is 2.